The van der Waals surface area contributed by atoms with Gasteiger partial charge in [-0.1, -0.05) is 48.5 Å². The Kier molecular flexibility index (Phi) is 39.0. The van der Waals surface area contributed by atoms with E-state index in [0.29, 0.717) is 28.5 Å². The van der Waals surface area contributed by atoms with Gasteiger partial charge in [0.2, 0.25) is 112 Å². The Morgan fingerprint density at radius 2 is 0.913 bits per heavy atom. The van der Waals surface area contributed by atoms with E-state index in [1.807, 2.05) is 0 Å². The van der Waals surface area contributed by atoms with Crippen molar-refractivity contribution in [3.05, 3.63) is 71.9 Å². The number of aliphatic hydroxyl groups is 3. The van der Waals surface area contributed by atoms with Gasteiger partial charge in [0.05, 0.1) is 64.6 Å². The number of carbonyl (C=O) groups is 21. The maximum absolute atomic E-state index is 14.7. The molecule has 0 bridgehead atoms. The number of nitrogens with two attached hydrogens (primary N) is 5. The molecule has 688 valence electrons. The molecular formula is C76H108N24O26. The van der Waals surface area contributed by atoms with Crippen LogP contribution in [0.25, 0.3) is 10.9 Å². The summed E-state index contributed by atoms with van der Waals surface area (Å²) in [4.78, 5) is 288. The maximum atomic E-state index is 14.7. The fourth-order valence-corrected chi connectivity index (χ4v) is 14.0. The van der Waals surface area contributed by atoms with Crippen LogP contribution in [0.1, 0.15) is 102 Å². The molecule has 15 atom stereocenters. The third kappa shape index (κ3) is 30.8. The van der Waals surface area contributed by atoms with Gasteiger partial charge in [-0.15, -0.1) is 0 Å². The number of hydrogen-bond acceptors (Lipinski definition) is 26. The van der Waals surface area contributed by atoms with Gasteiger partial charge in [0, 0.05) is 56.1 Å². The molecule has 31 N–H and O–H groups in total. The fraction of sp³-hybridized carbons (Fsp3) is 0.526. The van der Waals surface area contributed by atoms with Crippen LogP contribution in [-0.4, -0.2) is 325 Å². The minimum atomic E-state index is -2.04. The first-order valence-electron chi connectivity index (χ1n) is 40.0. The number of para-hydroxylation sites is 1. The smallest absolute Gasteiger partial charge is 0.326 e. The molecule has 0 aliphatic carbocycles. The van der Waals surface area contributed by atoms with Crippen LogP contribution in [-0.2, 0) is 114 Å². The van der Waals surface area contributed by atoms with Gasteiger partial charge in [0.15, 0.2) is 5.96 Å². The lowest BCUT2D eigenvalue weighted by atomic mass is 10.0. The van der Waals surface area contributed by atoms with Gasteiger partial charge < -0.3 is 148 Å². The number of hydrogen-bond donors (Lipinski definition) is 26. The third-order valence-corrected chi connectivity index (χ3v) is 20.3. The summed E-state index contributed by atoms with van der Waals surface area (Å²) >= 11 is 0. The van der Waals surface area contributed by atoms with Crippen molar-refractivity contribution in [2.45, 2.75) is 194 Å². The number of carbonyl (C=O) groups excluding carboxylic acids is 19. The maximum Gasteiger partial charge on any atom is 0.326 e. The number of aliphatic hydroxyl groups excluding tert-OH is 3. The quantitative estimate of drug-likeness (QED) is 0.0142. The van der Waals surface area contributed by atoms with Crippen molar-refractivity contribution in [3.8, 4) is 0 Å². The van der Waals surface area contributed by atoms with Crippen molar-refractivity contribution in [2.75, 3.05) is 59.0 Å². The van der Waals surface area contributed by atoms with Gasteiger partial charge >= 0.3 is 11.9 Å². The topological polar surface area (TPSA) is 808 Å². The number of H-pyrrole nitrogens is 1. The van der Waals surface area contributed by atoms with Crippen LogP contribution in [0.5, 0.6) is 0 Å². The molecule has 0 saturated carbocycles. The summed E-state index contributed by atoms with van der Waals surface area (Å²) in [7, 11) is 0. The molecule has 50 heteroatoms. The van der Waals surface area contributed by atoms with E-state index in [9.17, 15) is 126 Å². The van der Waals surface area contributed by atoms with Crippen molar-refractivity contribution in [1.29, 1.82) is 5.41 Å². The van der Waals surface area contributed by atoms with Crippen LogP contribution >= 0.6 is 0 Å². The summed E-state index contributed by atoms with van der Waals surface area (Å²) in [5.74, 6) is -24.5. The molecule has 1 aromatic heterocycles. The fourth-order valence-electron chi connectivity index (χ4n) is 14.0. The molecule has 6 rings (SSSR count). The number of primary amides is 3. The Hall–Kier alpha value is -14.0. The highest BCUT2D eigenvalue weighted by Gasteiger charge is 2.45. The number of benzene rings is 2. The van der Waals surface area contributed by atoms with Gasteiger partial charge in [0.25, 0.3) is 0 Å². The molecule has 19 amide bonds. The van der Waals surface area contributed by atoms with E-state index in [1.54, 1.807) is 54.6 Å². The first-order valence-corrected chi connectivity index (χ1v) is 40.0. The lowest BCUT2D eigenvalue weighted by Gasteiger charge is -2.31. The predicted octanol–water partition coefficient (Wildman–Crippen LogP) is -12.7. The summed E-state index contributed by atoms with van der Waals surface area (Å²) in [6, 6.07) is -8.23. The largest absolute Gasteiger partial charge is 0.481 e. The molecule has 126 heavy (non-hydrogen) atoms. The molecule has 4 heterocycles. The third-order valence-electron chi connectivity index (χ3n) is 20.3. The highest BCUT2D eigenvalue weighted by molar-refractivity contribution is 6.03. The van der Waals surface area contributed by atoms with Gasteiger partial charge in [-0.25, -0.2) is 4.79 Å². The molecule has 3 fully saturated rings. The lowest BCUT2D eigenvalue weighted by molar-refractivity contribution is -0.145. The molecule has 3 aliphatic rings. The van der Waals surface area contributed by atoms with E-state index in [1.165, 1.54) is 6.20 Å². The van der Waals surface area contributed by atoms with Crippen LogP contribution in [0.2, 0.25) is 0 Å². The standard InChI is InChI=1S/C76H108N24O26/c1-36(88-65(115)45(26-54(78)104)89-57(107)31-86-64(114)50(35-102)90-58(108)32-87-68(118)51-17-9-21-98(51)72(122)41(77)34-101)62(112)91-43(16-8-20-83-76(81)82)73(123)99-22-10-18-52(99)69(119)93-46(27-55(79)105)66(116)95-48(28-56(80)106)74(124)100-23-11-19-53(100)70(120)94-47(29-60(110)111)67(117)92-44(25-39-30-84-42-15-7-6-14-40(39)42)63(113)85-33-59(109)97-61(37(2)103)71(121)96-49(75(125)126)24-38-12-4-3-5-13-38/h3-7,12-15,30,36-37,41,43-53,61,84,101-103H,8-11,16-29,31-35,77H2,1-2H3,(H2,78,104)(H2,79,105)(H2,80,106)(H,85,113)(H,86,114)(H,87,118)(H,88,115)(H,89,107)(H,90,108)(H,91,112)(H,92,117)(H,93,119)(H,94,120)(H,95,116)(H,96,121)(H,97,109)(H,110,111)(H,125,126)(H4,81,82,83)/t36-,37+,41-,43-,44-,45-,46-,47-,48-,49-,50-,51-,52-,53-,61-/m0/s1. The van der Waals surface area contributed by atoms with E-state index in [0.717, 1.165) is 28.5 Å². The SMILES string of the molecule is C[C@H](NC(=O)[C@H](CC(N)=O)NC(=O)CNC(=O)[C@H](CO)NC(=O)CNC(=O)[C@@H]1CCCN1C(=O)[C@@H](N)CO)C(=O)N[C@@H](CCCNC(=N)N)C(=O)N1CCC[C@H]1C(=O)N[C@@H](CC(N)=O)C(=O)N[C@@H](CC(N)=O)C(=O)N1CCC[C@H]1C(=O)N[C@@H](CC(=O)O)C(=O)N[C@@H](Cc1c[nH]c2ccccc12)C(=O)NCC(=O)N[C@H](C(=O)N[C@@H](Cc1ccccc1)C(=O)O)[C@@H](C)O. The zero-order valence-electron chi connectivity index (χ0n) is 68.7. The Labute approximate surface area is 718 Å². The molecular weight excluding hydrogens is 1660 g/mol. The van der Waals surface area contributed by atoms with Gasteiger partial charge in [-0.3, -0.25) is 101 Å². The van der Waals surface area contributed by atoms with E-state index < -0.39 is 279 Å². The monoisotopic (exact) mass is 1770 g/mol. The number of aromatic amines is 1. The number of guanidine groups is 1. The summed E-state index contributed by atoms with van der Waals surface area (Å²) in [5.41, 5.74) is 29.1. The van der Waals surface area contributed by atoms with Gasteiger partial charge in [-0.05, 0) is 82.4 Å². The van der Waals surface area contributed by atoms with E-state index in [2.05, 4.69) is 79.4 Å². The summed E-state index contributed by atoms with van der Waals surface area (Å²) in [6.07, 6.45) is -4.55. The Morgan fingerprint density at radius 3 is 1.44 bits per heavy atom. The van der Waals surface area contributed by atoms with Crippen LogP contribution in [0.3, 0.4) is 0 Å². The first kappa shape index (κ1) is 101. The normalized spacial score (nSPS) is 17.5. The number of nitrogens with one attached hydrogen (secondary N) is 16. The number of fused-ring (bicyclic) bond motifs is 1. The molecule has 3 aliphatic heterocycles. The van der Waals surface area contributed by atoms with Crippen molar-refractivity contribution in [2.24, 2.45) is 28.7 Å². The molecule has 0 radical (unpaired) electrons. The number of aromatic nitrogens is 1. The van der Waals surface area contributed by atoms with Crippen molar-refractivity contribution in [1.82, 2.24) is 94.1 Å². The second-order valence-corrected chi connectivity index (χ2v) is 30.0. The van der Waals surface area contributed by atoms with E-state index in [4.69, 9.17) is 34.1 Å². The van der Waals surface area contributed by atoms with Crippen LogP contribution < -0.4 is 103 Å². The number of carboxylic acids is 2. The molecule has 3 saturated heterocycles. The zero-order chi connectivity index (χ0) is 93.3. The summed E-state index contributed by atoms with van der Waals surface area (Å²) in [6.45, 7) is -2.47. The second kappa shape index (κ2) is 48.7. The van der Waals surface area contributed by atoms with Crippen molar-refractivity contribution in [3.63, 3.8) is 0 Å². The molecule has 2 aromatic carbocycles. The Bertz CT molecular complexity index is 4530. The Morgan fingerprint density at radius 1 is 0.460 bits per heavy atom. The van der Waals surface area contributed by atoms with E-state index >= 15 is 0 Å². The molecule has 0 spiro atoms. The lowest BCUT2D eigenvalue weighted by Crippen LogP contribution is -2.61. The minimum Gasteiger partial charge on any atom is -0.481 e. The number of rotatable bonds is 49. The number of amides is 19. The average molecular weight is 1770 g/mol. The number of aliphatic carboxylic acids is 2. The first-order chi connectivity index (χ1) is 59.6. The zero-order valence-corrected chi connectivity index (χ0v) is 68.7. The average Bonchev–Trinajstić information content (AvgIpc) is 1.67. The highest BCUT2D eigenvalue weighted by atomic mass is 16.4. The number of likely N-dealkylation sites (tertiary alicyclic amines) is 3. The number of carboxylic acid groups (broad SMARTS) is 2. The Balaban J connectivity index is 1.09. The van der Waals surface area contributed by atoms with Crippen LogP contribution in [0, 0.1) is 5.41 Å². The van der Waals surface area contributed by atoms with Crippen molar-refractivity contribution < 1.29 is 126 Å². The van der Waals surface area contributed by atoms with Gasteiger partial charge in [0.1, 0.15) is 84.6 Å². The van der Waals surface area contributed by atoms with E-state index in [-0.39, 0.29) is 84.0 Å². The van der Waals surface area contributed by atoms with Gasteiger partial charge in [-0.2, -0.15) is 0 Å². The van der Waals surface area contributed by atoms with Crippen molar-refractivity contribution >= 4 is 141 Å². The molecule has 50 nitrogen and oxygen atoms in total. The molecule has 3 aromatic rings. The van der Waals surface area contributed by atoms with Crippen LogP contribution in [0.15, 0.2) is 60.8 Å². The second-order valence-electron chi connectivity index (χ2n) is 30.0. The summed E-state index contributed by atoms with van der Waals surface area (Å²) < 4.78 is 0. The van der Waals surface area contributed by atoms with Crippen LogP contribution in [0.4, 0.5) is 0 Å². The highest BCUT2D eigenvalue weighted by Crippen LogP contribution is 2.25. The predicted molar refractivity (Wildman–Crippen MR) is 435 cm³/mol. The molecule has 0 unspecified atom stereocenters. The number of nitrogens with zero attached hydrogens (tertiary/aromatic N) is 3. The summed E-state index contributed by atoms with van der Waals surface area (Å²) in [5, 5.41) is 90.0. The minimum absolute atomic E-state index is 0.0135.